The maximum atomic E-state index is 10.3. The summed E-state index contributed by atoms with van der Waals surface area (Å²) in [7, 11) is 0. The minimum atomic E-state index is -0.741. The van der Waals surface area contributed by atoms with Crippen molar-refractivity contribution in [3.05, 3.63) is 60.8 Å². The number of rotatable bonds is 13. The molecule has 0 fully saturated rings. The van der Waals surface area contributed by atoms with Crippen LogP contribution in [0.2, 0.25) is 0 Å². The lowest BCUT2D eigenvalue weighted by atomic mass is 10.2. The van der Waals surface area contributed by atoms with Gasteiger partial charge in [0.1, 0.15) is 0 Å². The topological polar surface area (TPSA) is 57.5 Å². The van der Waals surface area contributed by atoms with Crippen molar-refractivity contribution in [2.75, 3.05) is 0 Å². The fourth-order valence-corrected chi connectivity index (χ4v) is 1.77. The number of allylic oxidation sites excluding steroid dienone is 8. The Morgan fingerprint density at radius 2 is 1.65 bits per heavy atom. The molecule has 0 aliphatic heterocycles. The molecule has 0 aliphatic rings. The van der Waals surface area contributed by atoms with Crippen molar-refractivity contribution in [2.24, 2.45) is 0 Å². The van der Waals surface area contributed by atoms with E-state index in [1.807, 2.05) is 36.5 Å². The SMILES string of the molecule is CC/C=C/C/C=C/C[C@H](O)/C=C/C=C\C/C=C/CCCC(=O)O. The van der Waals surface area contributed by atoms with Gasteiger partial charge in [0.2, 0.25) is 0 Å². The molecule has 1 atom stereocenters. The van der Waals surface area contributed by atoms with E-state index in [4.69, 9.17) is 5.11 Å². The highest BCUT2D eigenvalue weighted by Crippen LogP contribution is 2.00. The van der Waals surface area contributed by atoms with Crippen LogP contribution in [0.15, 0.2) is 60.8 Å². The van der Waals surface area contributed by atoms with Gasteiger partial charge >= 0.3 is 5.97 Å². The lowest BCUT2D eigenvalue weighted by Gasteiger charge is -1.98. The first-order valence-corrected chi connectivity index (χ1v) is 8.35. The summed E-state index contributed by atoms with van der Waals surface area (Å²) in [5, 5.41) is 18.2. The maximum absolute atomic E-state index is 10.3. The Balaban J connectivity index is 3.68. The van der Waals surface area contributed by atoms with E-state index in [1.165, 1.54) is 0 Å². The fourth-order valence-electron chi connectivity index (χ4n) is 1.77. The van der Waals surface area contributed by atoms with Gasteiger partial charge in [0.05, 0.1) is 6.10 Å². The Morgan fingerprint density at radius 3 is 2.39 bits per heavy atom. The molecule has 0 saturated carbocycles. The first-order chi connectivity index (χ1) is 11.2. The molecule has 3 nitrogen and oxygen atoms in total. The lowest BCUT2D eigenvalue weighted by Crippen LogP contribution is -1.98. The third kappa shape index (κ3) is 18.1. The number of carbonyl (C=O) groups is 1. The molecule has 0 saturated heterocycles. The summed E-state index contributed by atoms with van der Waals surface area (Å²) in [5.41, 5.74) is 0. The summed E-state index contributed by atoms with van der Waals surface area (Å²) in [5.74, 6) is -0.741. The van der Waals surface area contributed by atoms with Crippen LogP contribution in [0.5, 0.6) is 0 Å². The molecule has 0 spiro atoms. The van der Waals surface area contributed by atoms with Crippen LogP contribution < -0.4 is 0 Å². The van der Waals surface area contributed by atoms with Crippen LogP contribution in [0.1, 0.15) is 51.9 Å². The van der Waals surface area contributed by atoms with Crippen molar-refractivity contribution < 1.29 is 15.0 Å². The van der Waals surface area contributed by atoms with Gasteiger partial charge in [0.25, 0.3) is 0 Å². The van der Waals surface area contributed by atoms with Gasteiger partial charge in [-0.3, -0.25) is 4.79 Å². The minimum absolute atomic E-state index is 0.226. The van der Waals surface area contributed by atoms with Gasteiger partial charge in [-0.05, 0) is 38.5 Å². The average Bonchev–Trinajstić information content (AvgIpc) is 2.52. The molecule has 23 heavy (non-hydrogen) atoms. The molecule has 0 aromatic rings. The average molecular weight is 318 g/mol. The Hall–Kier alpha value is -1.87. The molecular weight excluding hydrogens is 288 g/mol. The zero-order valence-corrected chi connectivity index (χ0v) is 14.1. The third-order valence-electron chi connectivity index (χ3n) is 3.00. The van der Waals surface area contributed by atoms with Gasteiger partial charge in [0, 0.05) is 6.42 Å². The first kappa shape index (κ1) is 21.1. The standard InChI is InChI=1S/C20H30O3/c1-2-3-4-5-10-13-16-19(21)17-14-11-8-6-7-9-12-15-18-20(22)23/h3-4,7-11,13-14,17,19,21H,2,5-6,12,15-16,18H2,1H3,(H,22,23)/b4-3+,9-7+,11-8-,13-10+,17-14+/t19-/m0/s1. The van der Waals surface area contributed by atoms with E-state index in [0.717, 1.165) is 25.7 Å². The molecule has 128 valence electrons. The molecule has 0 unspecified atom stereocenters. The van der Waals surface area contributed by atoms with Crippen molar-refractivity contribution >= 4 is 5.97 Å². The van der Waals surface area contributed by atoms with E-state index >= 15 is 0 Å². The highest BCUT2D eigenvalue weighted by Gasteiger charge is 1.93. The van der Waals surface area contributed by atoms with Crippen molar-refractivity contribution in [1.29, 1.82) is 0 Å². The molecule has 0 aromatic heterocycles. The summed E-state index contributed by atoms with van der Waals surface area (Å²) in [6, 6.07) is 0. The predicted molar refractivity (Wildman–Crippen MR) is 97.3 cm³/mol. The van der Waals surface area contributed by atoms with Crippen molar-refractivity contribution in [3.8, 4) is 0 Å². The van der Waals surface area contributed by atoms with Crippen molar-refractivity contribution in [3.63, 3.8) is 0 Å². The largest absolute Gasteiger partial charge is 0.481 e. The van der Waals surface area contributed by atoms with Crippen LogP contribution in [-0.2, 0) is 4.79 Å². The van der Waals surface area contributed by atoms with Gasteiger partial charge in [-0.25, -0.2) is 0 Å². The van der Waals surface area contributed by atoms with E-state index in [0.29, 0.717) is 12.8 Å². The molecule has 2 N–H and O–H groups in total. The van der Waals surface area contributed by atoms with E-state index in [2.05, 4.69) is 25.2 Å². The first-order valence-electron chi connectivity index (χ1n) is 8.35. The van der Waals surface area contributed by atoms with Gasteiger partial charge in [0.15, 0.2) is 0 Å². The summed E-state index contributed by atoms with van der Waals surface area (Å²) >= 11 is 0. The quantitative estimate of drug-likeness (QED) is 0.286. The number of aliphatic hydroxyl groups excluding tert-OH is 1. The van der Waals surface area contributed by atoms with Gasteiger partial charge in [-0.15, -0.1) is 0 Å². The summed E-state index contributed by atoms with van der Waals surface area (Å²) in [6.45, 7) is 2.11. The predicted octanol–water partition coefficient (Wildman–Crippen LogP) is 4.96. The highest BCUT2D eigenvalue weighted by molar-refractivity contribution is 5.66. The zero-order chi connectivity index (χ0) is 17.2. The van der Waals surface area contributed by atoms with Crippen molar-refractivity contribution in [1.82, 2.24) is 0 Å². The summed E-state index contributed by atoms with van der Waals surface area (Å²) in [4.78, 5) is 10.3. The Morgan fingerprint density at radius 1 is 0.957 bits per heavy atom. The Kier molecular flexibility index (Phi) is 15.2. The smallest absolute Gasteiger partial charge is 0.303 e. The molecule has 0 aliphatic carbocycles. The summed E-state index contributed by atoms with van der Waals surface area (Å²) in [6.07, 6.45) is 24.6. The minimum Gasteiger partial charge on any atom is -0.481 e. The monoisotopic (exact) mass is 318 g/mol. The number of unbranched alkanes of at least 4 members (excludes halogenated alkanes) is 1. The van der Waals surface area contributed by atoms with E-state index in [1.54, 1.807) is 6.08 Å². The van der Waals surface area contributed by atoms with E-state index in [-0.39, 0.29) is 6.42 Å². The van der Waals surface area contributed by atoms with E-state index < -0.39 is 12.1 Å². The molecule has 0 aromatic carbocycles. The number of carboxylic acids is 1. The molecule has 0 radical (unpaired) electrons. The second-order valence-corrected chi connectivity index (χ2v) is 5.20. The zero-order valence-electron chi connectivity index (χ0n) is 14.1. The molecule has 0 rings (SSSR count). The van der Waals surface area contributed by atoms with Crippen molar-refractivity contribution in [2.45, 2.75) is 58.0 Å². The van der Waals surface area contributed by atoms with Gasteiger partial charge < -0.3 is 10.2 Å². The van der Waals surface area contributed by atoms with Crippen LogP contribution in [0, 0.1) is 0 Å². The second-order valence-electron chi connectivity index (χ2n) is 5.20. The molecular formula is C20H30O3. The van der Waals surface area contributed by atoms with E-state index in [9.17, 15) is 9.90 Å². The molecule has 3 heteroatoms. The Labute approximate surface area is 140 Å². The molecule has 0 heterocycles. The normalized spacial score (nSPS) is 14.2. The van der Waals surface area contributed by atoms with Crippen LogP contribution in [0.4, 0.5) is 0 Å². The van der Waals surface area contributed by atoms with Crippen LogP contribution in [-0.4, -0.2) is 22.3 Å². The van der Waals surface area contributed by atoms with Gasteiger partial charge in [-0.2, -0.15) is 0 Å². The lowest BCUT2D eigenvalue weighted by molar-refractivity contribution is -0.137. The Bertz CT molecular complexity index is 428. The summed E-state index contributed by atoms with van der Waals surface area (Å²) < 4.78 is 0. The van der Waals surface area contributed by atoms with Crippen LogP contribution >= 0.6 is 0 Å². The van der Waals surface area contributed by atoms with Crippen LogP contribution in [0.3, 0.4) is 0 Å². The molecule has 0 amide bonds. The fraction of sp³-hybridized carbons (Fsp3) is 0.450. The number of carboxylic acid groups (broad SMARTS) is 1. The number of hydrogen-bond donors (Lipinski definition) is 2. The number of hydrogen-bond acceptors (Lipinski definition) is 2. The van der Waals surface area contributed by atoms with Crippen LogP contribution in [0.25, 0.3) is 0 Å². The number of aliphatic hydroxyl groups is 1. The second kappa shape index (κ2) is 16.5. The molecule has 0 bridgehead atoms. The number of aliphatic carboxylic acids is 1. The highest BCUT2D eigenvalue weighted by atomic mass is 16.4. The third-order valence-corrected chi connectivity index (χ3v) is 3.00. The maximum Gasteiger partial charge on any atom is 0.303 e. The van der Waals surface area contributed by atoms with Gasteiger partial charge in [-0.1, -0.05) is 67.7 Å².